The van der Waals surface area contributed by atoms with Crippen LogP contribution in [0.25, 0.3) is 5.69 Å². The van der Waals surface area contributed by atoms with Gasteiger partial charge in [0.05, 0.1) is 27.2 Å². The number of rotatable bonds is 5. The minimum atomic E-state index is -0.884. The number of anilines is 1. The van der Waals surface area contributed by atoms with E-state index in [1.807, 2.05) is 18.2 Å². The van der Waals surface area contributed by atoms with Gasteiger partial charge in [0.25, 0.3) is 0 Å². The molecule has 1 aliphatic carbocycles. The highest BCUT2D eigenvalue weighted by Gasteiger charge is 2.32. The Morgan fingerprint density at radius 2 is 1.97 bits per heavy atom. The molecule has 0 atom stereocenters. The Labute approximate surface area is 218 Å². The quantitative estimate of drug-likeness (QED) is 0.345. The molecular weight excluding hydrogens is 505 g/mol. The Balaban J connectivity index is 1.39. The molecule has 1 saturated carbocycles. The summed E-state index contributed by atoms with van der Waals surface area (Å²) in [5, 5.41) is 26.0. The summed E-state index contributed by atoms with van der Waals surface area (Å²) in [4.78, 5) is 12.6. The van der Waals surface area contributed by atoms with E-state index in [4.69, 9.17) is 23.2 Å². The summed E-state index contributed by atoms with van der Waals surface area (Å²) >= 11 is 14.0. The summed E-state index contributed by atoms with van der Waals surface area (Å²) < 4.78 is 1.52. The van der Waals surface area contributed by atoms with Crippen molar-refractivity contribution < 1.29 is 9.90 Å². The molecule has 1 heterocycles. The van der Waals surface area contributed by atoms with E-state index in [9.17, 15) is 9.90 Å². The third-order valence-corrected chi connectivity index (χ3v) is 7.21. The molecule has 1 fully saturated rings. The average Bonchev–Trinajstić information content (AvgIpc) is 3.24. The minimum absolute atomic E-state index is 0.0396. The lowest BCUT2D eigenvalue weighted by molar-refractivity contribution is -0.113. The molecule has 7 nitrogen and oxygen atoms in total. The van der Waals surface area contributed by atoms with Gasteiger partial charge in [-0.2, -0.15) is 4.68 Å². The Morgan fingerprint density at radius 1 is 1.20 bits per heavy atom. The Kier molecular flexibility index (Phi) is 7.43. The normalized spacial score (nSPS) is 14.6. The predicted molar refractivity (Wildman–Crippen MR) is 139 cm³/mol. The van der Waals surface area contributed by atoms with Gasteiger partial charge in [0, 0.05) is 5.56 Å². The number of carbonyl (C=O) groups excluding carboxylic acids is 1. The first-order valence-electron chi connectivity index (χ1n) is 11.1. The molecule has 2 N–H and O–H groups in total. The van der Waals surface area contributed by atoms with Gasteiger partial charge in [-0.1, -0.05) is 73.6 Å². The largest absolute Gasteiger partial charge is 0.378 e. The highest BCUT2D eigenvalue weighted by molar-refractivity contribution is 7.99. The topological polar surface area (TPSA) is 92.9 Å². The maximum Gasteiger partial charge on any atom is 0.234 e. The van der Waals surface area contributed by atoms with E-state index in [1.54, 1.807) is 18.2 Å². The molecule has 10 heteroatoms. The first kappa shape index (κ1) is 25.5. The lowest BCUT2D eigenvalue weighted by Crippen LogP contribution is -2.34. The average molecular weight is 530 g/mol. The SMILES string of the molecule is CC(C)(C)c1ccc(-n2nnnc2SCC(=O)Nc2ccc(C#CC3(O)CCC3)cc2Cl)c(Cl)c1. The van der Waals surface area contributed by atoms with Gasteiger partial charge in [0.1, 0.15) is 5.60 Å². The number of carbonyl (C=O) groups is 1. The zero-order valence-electron chi connectivity index (χ0n) is 19.6. The molecule has 0 bridgehead atoms. The number of nitrogens with zero attached hydrogens (tertiary/aromatic N) is 4. The highest BCUT2D eigenvalue weighted by atomic mass is 35.5. The van der Waals surface area contributed by atoms with Crippen LogP contribution < -0.4 is 5.32 Å². The molecule has 0 saturated heterocycles. The molecule has 1 amide bonds. The van der Waals surface area contributed by atoms with Gasteiger partial charge < -0.3 is 10.4 Å². The summed E-state index contributed by atoms with van der Waals surface area (Å²) in [7, 11) is 0. The van der Waals surface area contributed by atoms with Crippen molar-refractivity contribution in [3.8, 4) is 17.5 Å². The van der Waals surface area contributed by atoms with Crippen molar-refractivity contribution in [1.82, 2.24) is 20.2 Å². The van der Waals surface area contributed by atoms with Crippen molar-refractivity contribution in [2.45, 2.75) is 56.2 Å². The highest BCUT2D eigenvalue weighted by Crippen LogP contribution is 2.32. The number of amides is 1. The van der Waals surface area contributed by atoms with Crippen LogP contribution in [0.4, 0.5) is 5.69 Å². The second-order valence-corrected chi connectivity index (χ2v) is 11.2. The summed E-state index contributed by atoms with van der Waals surface area (Å²) in [6.45, 7) is 6.34. The fraction of sp³-hybridized carbons (Fsp3) is 0.360. The number of thioether (sulfide) groups is 1. The van der Waals surface area contributed by atoms with Gasteiger partial charge in [0.2, 0.25) is 11.1 Å². The number of hydrogen-bond acceptors (Lipinski definition) is 6. The first-order valence-corrected chi connectivity index (χ1v) is 12.8. The third-order valence-electron chi connectivity index (χ3n) is 5.68. The van der Waals surface area contributed by atoms with Gasteiger partial charge in [-0.15, -0.1) is 5.10 Å². The Morgan fingerprint density at radius 3 is 2.60 bits per heavy atom. The monoisotopic (exact) mass is 529 g/mol. The third kappa shape index (κ3) is 6.17. The van der Waals surface area contributed by atoms with Gasteiger partial charge in [-0.3, -0.25) is 4.79 Å². The lowest BCUT2D eigenvalue weighted by atomic mass is 9.81. The van der Waals surface area contributed by atoms with Crippen LogP contribution in [0.3, 0.4) is 0 Å². The van der Waals surface area contributed by atoms with E-state index < -0.39 is 5.60 Å². The van der Waals surface area contributed by atoms with Gasteiger partial charge in [-0.25, -0.2) is 0 Å². The minimum Gasteiger partial charge on any atom is -0.378 e. The molecule has 35 heavy (non-hydrogen) atoms. The molecule has 1 aliphatic rings. The van der Waals surface area contributed by atoms with Crippen molar-refractivity contribution in [3.05, 3.63) is 57.6 Å². The van der Waals surface area contributed by atoms with Crippen LogP contribution >= 0.6 is 35.0 Å². The van der Waals surface area contributed by atoms with Crippen LogP contribution in [0.15, 0.2) is 41.6 Å². The van der Waals surface area contributed by atoms with Crippen LogP contribution in [0.1, 0.15) is 51.2 Å². The summed E-state index contributed by atoms with van der Waals surface area (Å²) in [6.07, 6.45) is 2.37. The molecule has 1 aromatic heterocycles. The molecular formula is C25H25Cl2N5O2S. The van der Waals surface area contributed by atoms with E-state index in [2.05, 4.69) is 53.5 Å². The summed E-state index contributed by atoms with van der Waals surface area (Å²) in [5.74, 6) is 5.66. The summed E-state index contributed by atoms with van der Waals surface area (Å²) in [6, 6.07) is 10.9. The zero-order valence-corrected chi connectivity index (χ0v) is 21.9. The van der Waals surface area contributed by atoms with Crippen molar-refractivity contribution in [1.29, 1.82) is 0 Å². The molecule has 4 rings (SSSR count). The van der Waals surface area contributed by atoms with E-state index in [1.165, 1.54) is 16.4 Å². The molecule has 0 spiro atoms. The molecule has 0 aliphatic heterocycles. The first-order chi connectivity index (χ1) is 16.5. The van der Waals surface area contributed by atoms with Crippen LogP contribution in [-0.4, -0.2) is 42.6 Å². The summed E-state index contributed by atoms with van der Waals surface area (Å²) in [5.41, 5.74) is 1.97. The molecule has 2 aromatic carbocycles. The van der Waals surface area contributed by atoms with E-state index in [-0.39, 0.29) is 17.1 Å². The number of aromatic nitrogens is 4. The second kappa shape index (κ2) is 10.2. The number of halogens is 2. The van der Waals surface area contributed by atoms with Crippen LogP contribution in [-0.2, 0) is 10.2 Å². The zero-order chi connectivity index (χ0) is 25.2. The van der Waals surface area contributed by atoms with Crippen LogP contribution in [0, 0.1) is 11.8 Å². The van der Waals surface area contributed by atoms with Crippen LogP contribution in [0.2, 0.25) is 10.0 Å². The number of benzene rings is 2. The second-order valence-electron chi connectivity index (χ2n) is 9.46. The standard InChI is InChI=1S/C25H25Cl2N5O2S/c1-24(2,3)17-6-8-21(19(27)14-17)32-23(29-30-31-32)35-15-22(33)28-20-7-5-16(13-18(20)26)9-12-25(34)10-4-11-25/h5-8,13-14,34H,4,10-11,15H2,1-3H3,(H,28,33). The van der Waals surface area contributed by atoms with Crippen molar-refractivity contribution in [3.63, 3.8) is 0 Å². The number of tetrazole rings is 1. The van der Waals surface area contributed by atoms with Crippen molar-refractivity contribution in [2.75, 3.05) is 11.1 Å². The molecule has 3 aromatic rings. The van der Waals surface area contributed by atoms with E-state index in [0.717, 1.165) is 12.0 Å². The van der Waals surface area contributed by atoms with Crippen molar-refractivity contribution >= 4 is 46.6 Å². The molecule has 0 unspecified atom stereocenters. The number of hydrogen-bond donors (Lipinski definition) is 2. The Bertz CT molecular complexity index is 1320. The fourth-order valence-electron chi connectivity index (χ4n) is 3.40. The van der Waals surface area contributed by atoms with E-state index >= 15 is 0 Å². The van der Waals surface area contributed by atoms with Crippen molar-refractivity contribution in [2.24, 2.45) is 0 Å². The van der Waals surface area contributed by atoms with Gasteiger partial charge >= 0.3 is 0 Å². The molecule has 0 radical (unpaired) electrons. The van der Waals surface area contributed by atoms with Crippen LogP contribution in [0.5, 0.6) is 0 Å². The lowest BCUT2D eigenvalue weighted by Gasteiger charge is -2.30. The predicted octanol–water partition coefficient (Wildman–Crippen LogP) is 5.26. The number of aliphatic hydroxyl groups is 1. The fourth-order valence-corrected chi connectivity index (χ4v) is 4.57. The molecule has 182 valence electrons. The number of nitrogens with one attached hydrogen (secondary N) is 1. The van der Waals surface area contributed by atoms with Gasteiger partial charge in [0.15, 0.2) is 0 Å². The maximum atomic E-state index is 12.6. The van der Waals surface area contributed by atoms with Gasteiger partial charge in [-0.05, 0) is 71.0 Å². The Hall–Kier alpha value is -2.57. The van der Waals surface area contributed by atoms with E-state index in [0.29, 0.717) is 45.0 Å². The maximum absolute atomic E-state index is 12.6. The smallest absolute Gasteiger partial charge is 0.234 e.